The molecular weight excluding hydrogens is 360 g/mol. The zero-order valence-electron chi connectivity index (χ0n) is 17.3. The fourth-order valence-corrected chi connectivity index (χ4v) is 5.05. The molecule has 2 aliphatic rings. The van der Waals surface area contributed by atoms with Crippen LogP contribution in [0.2, 0.25) is 0 Å². The van der Waals surface area contributed by atoms with E-state index in [-0.39, 0.29) is 5.91 Å². The summed E-state index contributed by atoms with van der Waals surface area (Å²) in [6.45, 7) is 5.14. The summed E-state index contributed by atoms with van der Waals surface area (Å²) in [6.07, 6.45) is 9.18. The third-order valence-electron chi connectivity index (χ3n) is 6.61. The first kappa shape index (κ1) is 18.3. The van der Waals surface area contributed by atoms with Crippen molar-refractivity contribution in [2.45, 2.75) is 65.0 Å². The van der Waals surface area contributed by atoms with Crippen LogP contribution in [0.15, 0.2) is 30.5 Å². The number of aromatic nitrogens is 3. The summed E-state index contributed by atoms with van der Waals surface area (Å²) < 4.78 is 2.32. The van der Waals surface area contributed by atoms with E-state index in [2.05, 4.69) is 33.9 Å². The average Bonchev–Trinajstić information content (AvgIpc) is 3.12. The Morgan fingerprint density at radius 3 is 2.79 bits per heavy atom. The van der Waals surface area contributed by atoms with Crippen LogP contribution in [0.25, 0.3) is 22.0 Å². The summed E-state index contributed by atoms with van der Waals surface area (Å²) in [6, 6.07) is 9.02. The lowest BCUT2D eigenvalue weighted by Gasteiger charge is -2.29. The molecule has 0 saturated heterocycles. The molecular formula is C24H28N4O. The molecule has 0 unspecified atom stereocenters. The largest absolute Gasteiger partial charge is 0.338 e. The molecule has 0 N–H and O–H groups in total. The number of rotatable bonds is 2. The Labute approximate surface area is 171 Å². The van der Waals surface area contributed by atoms with Gasteiger partial charge in [0.2, 0.25) is 5.91 Å². The molecule has 5 heteroatoms. The first-order chi connectivity index (χ1) is 14.1. The van der Waals surface area contributed by atoms with Crippen LogP contribution < -0.4 is 0 Å². The van der Waals surface area contributed by atoms with Crippen LogP contribution in [-0.2, 0) is 17.8 Å². The average molecular weight is 389 g/mol. The number of carbonyl (C=O) groups excluding carboxylic acids is 1. The van der Waals surface area contributed by atoms with Gasteiger partial charge in [0.25, 0.3) is 0 Å². The lowest BCUT2D eigenvalue weighted by atomic mass is 9.94. The number of benzene rings is 1. The number of carbonyl (C=O) groups is 1. The Balaban J connectivity index is 1.68. The second-order valence-electron chi connectivity index (χ2n) is 8.55. The lowest BCUT2D eigenvalue weighted by molar-refractivity contribution is -0.129. The van der Waals surface area contributed by atoms with Gasteiger partial charge < -0.3 is 4.90 Å². The molecule has 3 aromatic rings. The fourth-order valence-electron chi connectivity index (χ4n) is 5.05. The van der Waals surface area contributed by atoms with Gasteiger partial charge in [-0.2, -0.15) is 5.10 Å². The molecule has 0 atom stereocenters. The van der Waals surface area contributed by atoms with Gasteiger partial charge in [0.1, 0.15) is 0 Å². The van der Waals surface area contributed by atoms with Gasteiger partial charge in [0.05, 0.1) is 11.7 Å². The van der Waals surface area contributed by atoms with E-state index in [1.807, 2.05) is 18.0 Å². The van der Waals surface area contributed by atoms with Crippen LogP contribution in [0.3, 0.4) is 0 Å². The SMILES string of the molecule is CC(=O)N1CCc2c(c(-c3cccc4cc(C)ncc34)nn2C2CCCCC2)C1. The zero-order chi connectivity index (χ0) is 20.0. The van der Waals surface area contributed by atoms with Crippen molar-refractivity contribution in [1.82, 2.24) is 19.7 Å². The van der Waals surface area contributed by atoms with Gasteiger partial charge >= 0.3 is 0 Å². The number of aryl methyl sites for hydroxylation is 1. The molecule has 150 valence electrons. The highest BCUT2D eigenvalue weighted by molar-refractivity contribution is 5.96. The van der Waals surface area contributed by atoms with Crippen LogP contribution >= 0.6 is 0 Å². The second-order valence-corrected chi connectivity index (χ2v) is 8.55. The van der Waals surface area contributed by atoms with Crippen LogP contribution in [0.1, 0.15) is 62.0 Å². The van der Waals surface area contributed by atoms with Crippen molar-refractivity contribution < 1.29 is 4.79 Å². The highest BCUT2D eigenvalue weighted by Crippen LogP contribution is 2.38. The van der Waals surface area contributed by atoms with E-state index < -0.39 is 0 Å². The summed E-state index contributed by atoms with van der Waals surface area (Å²) in [7, 11) is 0. The maximum absolute atomic E-state index is 12.1. The third kappa shape index (κ3) is 3.22. The monoisotopic (exact) mass is 388 g/mol. The van der Waals surface area contributed by atoms with E-state index in [1.165, 1.54) is 48.7 Å². The highest BCUT2D eigenvalue weighted by Gasteiger charge is 2.30. The van der Waals surface area contributed by atoms with Gasteiger partial charge in [-0.05, 0) is 31.2 Å². The van der Waals surface area contributed by atoms with E-state index in [4.69, 9.17) is 5.10 Å². The molecule has 1 aliphatic heterocycles. The standard InChI is InChI=1S/C24H28N4O/c1-16-13-18-7-6-10-20(21(18)14-25-16)24-22-15-27(17(2)29)12-11-23(22)28(26-24)19-8-4-3-5-9-19/h6-7,10,13-14,19H,3-5,8-9,11-12,15H2,1-2H3. The van der Waals surface area contributed by atoms with Crippen LogP contribution in [0.5, 0.6) is 0 Å². The number of nitrogens with zero attached hydrogens (tertiary/aromatic N) is 4. The maximum Gasteiger partial charge on any atom is 0.219 e. The molecule has 2 aromatic heterocycles. The molecule has 0 bridgehead atoms. The van der Waals surface area contributed by atoms with Gasteiger partial charge in [0, 0.05) is 60.5 Å². The van der Waals surface area contributed by atoms with Gasteiger partial charge in [0.15, 0.2) is 0 Å². The Kier molecular flexibility index (Phi) is 4.61. The predicted octanol–water partition coefficient (Wildman–Crippen LogP) is 4.82. The van der Waals surface area contributed by atoms with Crippen molar-refractivity contribution in [1.29, 1.82) is 0 Å². The molecule has 0 spiro atoms. The Bertz CT molecular complexity index is 1080. The second kappa shape index (κ2) is 7.29. The van der Waals surface area contributed by atoms with E-state index in [9.17, 15) is 4.79 Å². The molecule has 1 aromatic carbocycles. The van der Waals surface area contributed by atoms with Crippen molar-refractivity contribution in [3.05, 3.63) is 47.4 Å². The summed E-state index contributed by atoms with van der Waals surface area (Å²) in [4.78, 5) is 18.6. The Morgan fingerprint density at radius 2 is 2.00 bits per heavy atom. The van der Waals surface area contributed by atoms with E-state index in [1.54, 1.807) is 6.92 Å². The third-order valence-corrected chi connectivity index (χ3v) is 6.61. The fraction of sp³-hybridized carbons (Fsp3) is 0.458. The zero-order valence-corrected chi connectivity index (χ0v) is 17.3. The predicted molar refractivity (Wildman–Crippen MR) is 115 cm³/mol. The number of pyridine rings is 1. The van der Waals surface area contributed by atoms with Gasteiger partial charge in [-0.25, -0.2) is 0 Å². The Hall–Kier alpha value is -2.69. The van der Waals surface area contributed by atoms with Gasteiger partial charge in [-0.3, -0.25) is 14.5 Å². The van der Waals surface area contributed by atoms with Crippen molar-refractivity contribution >= 4 is 16.7 Å². The molecule has 5 nitrogen and oxygen atoms in total. The molecule has 1 amide bonds. The molecule has 0 radical (unpaired) electrons. The topological polar surface area (TPSA) is 51.0 Å². The minimum Gasteiger partial charge on any atom is -0.338 e. The van der Waals surface area contributed by atoms with Gasteiger partial charge in [-0.15, -0.1) is 0 Å². The van der Waals surface area contributed by atoms with E-state index in [0.717, 1.165) is 35.3 Å². The Morgan fingerprint density at radius 1 is 1.17 bits per heavy atom. The highest BCUT2D eigenvalue weighted by atomic mass is 16.2. The molecule has 1 aliphatic carbocycles. The minimum atomic E-state index is 0.141. The number of hydrogen-bond donors (Lipinski definition) is 0. The number of fused-ring (bicyclic) bond motifs is 2. The molecule has 3 heterocycles. The lowest BCUT2D eigenvalue weighted by Crippen LogP contribution is -2.35. The summed E-state index contributed by atoms with van der Waals surface area (Å²) in [5.74, 6) is 0.141. The van der Waals surface area contributed by atoms with Crippen molar-refractivity contribution in [2.24, 2.45) is 0 Å². The molecule has 5 rings (SSSR count). The maximum atomic E-state index is 12.1. The molecule has 1 saturated carbocycles. The quantitative estimate of drug-likeness (QED) is 0.633. The minimum absolute atomic E-state index is 0.141. The van der Waals surface area contributed by atoms with Crippen LogP contribution in [0.4, 0.5) is 0 Å². The first-order valence-electron chi connectivity index (χ1n) is 10.8. The normalized spacial score (nSPS) is 17.5. The number of hydrogen-bond acceptors (Lipinski definition) is 3. The first-order valence-corrected chi connectivity index (χ1v) is 10.8. The molecule has 1 fully saturated rings. The smallest absolute Gasteiger partial charge is 0.219 e. The number of amides is 1. The summed E-state index contributed by atoms with van der Waals surface area (Å²) in [5, 5.41) is 7.53. The van der Waals surface area contributed by atoms with E-state index >= 15 is 0 Å². The van der Waals surface area contributed by atoms with Crippen LogP contribution in [0, 0.1) is 6.92 Å². The summed E-state index contributed by atoms with van der Waals surface area (Å²) in [5.41, 5.74) is 5.75. The van der Waals surface area contributed by atoms with Crippen molar-refractivity contribution in [3.8, 4) is 11.3 Å². The van der Waals surface area contributed by atoms with Crippen molar-refractivity contribution in [2.75, 3.05) is 6.54 Å². The van der Waals surface area contributed by atoms with E-state index in [0.29, 0.717) is 12.6 Å². The van der Waals surface area contributed by atoms with Gasteiger partial charge in [-0.1, -0.05) is 37.5 Å². The molecule has 29 heavy (non-hydrogen) atoms. The van der Waals surface area contributed by atoms with Crippen LogP contribution in [-0.4, -0.2) is 32.1 Å². The van der Waals surface area contributed by atoms with Crippen molar-refractivity contribution in [3.63, 3.8) is 0 Å². The summed E-state index contributed by atoms with van der Waals surface area (Å²) >= 11 is 0.